The number of hydrogen-bond donors (Lipinski definition) is 3. The van der Waals surface area contributed by atoms with E-state index in [2.05, 4.69) is 37.6 Å². The summed E-state index contributed by atoms with van der Waals surface area (Å²) in [5.74, 6) is 0.635. The molecule has 164 valence electrons. The molecule has 0 aliphatic heterocycles. The van der Waals surface area contributed by atoms with Crippen LogP contribution in [0.25, 0.3) is 0 Å². The van der Waals surface area contributed by atoms with E-state index in [9.17, 15) is 8.42 Å². The highest BCUT2D eigenvalue weighted by atomic mass is 32.2. The van der Waals surface area contributed by atoms with Crippen molar-refractivity contribution in [1.29, 1.82) is 0 Å². The third-order valence-electron chi connectivity index (χ3n) is 4.52. The highest BCUT2D eigenvalue weighted by Gasteiger charge is 2.12. The number of aliphatic imine (C=N–C) groups is 1. The Hall–Kier alpha value is -3.17. The zero-order valence-corrected chi connectivity index (χ0v) is 18.3. The predicted octanol–water partition coefficient (Wildman–Crippen LogP) is 1.97. The van der Waals surface area contributed by atoms with E-state index in [4.69, 9.17) is 0 Å². The van der Waals surface area contributed by atoms with Gasteiger partial charge in [0, 0.05) is 32.0 Å². The van der Waals surface area contributed by atoms with Gasteiger partial charge in [-0.3, -0.25) is 4.68 Å². The summed E-state index contributed by atoms with van der Waals surface area (Å²) < 4.78 is 29.1. The number of nitrogens with zero attached hydrogens (tertiary/aromatic N) is 3. The smallest absolute Gasteiger partial charge is 0.240 e. The Morgan fingerprint density at radius 3 is 2.42 bits per heavy atom. The van der Waals surface area contributed by atoms with Crippen LogP contribution in [0, 0.1) is 0 Å². The summed E-state index contributed by atoms with van der Waals surface area (Å²) in [5, 5.41) is 10.6. The average molecular weight is 441 g/mol. The van der Waals surface area contributed by atoms with Crippen molar-refractivity contribution in [3.05, 3.63) is 84.2 Å². The van der Waals surface area contributed by atoms with Crippen LogP contribution >= 0.6 is 0 Å². The minimum absolute atomic E-state index is 0.248. The molecule has 3 aromatic rings. The van der Waals surface area contributed by atoms with Crippen molar-refractivity contribution >= 4 is 16.0 Å². The lowest BCUT2D eigenvalue weighted by Crippen LogP contribution is -2.41. The Labute approximate surface area is 183 Å². The molecule has 0 atom stereocenters. The molecular formula is C22H28N6O2S. The molecule has 0 fully saturated rings. The Morgan fingerprint density at radius 1 is 0.968 bits per heavy atom. The molecule has 3 rings (SSSR count). The molecule has 0 aliphatic rings. The quantitative estimate of drug-likeness (QED) is 0.254. The van der Waals surface area contributed by atoms with Gasteiger partial charge in [-0.1, -0.05) is 42.5 Å². The van der Waals surface area contributed by atoms with Crippen molar-refractivity contribution in [2.75, 3.05) is 19.6 Å². The number of guanidine groups is 1. The second kappa shape index (κ2) is 11.3. The van der Waals surface area contributed by atoms with Crippen molar-refractivity contribution in [2.45, 2.75) is 24.9 Å². The average Bonchev–Trinajstić information content (AvgIpc) is 3.29. The number of nitrogens with one attached hydrogen (secondary N) is 3. The van der Waals surface area contributed by atoms with Crippen molar-refractivity contribution in [2.24, 2.45) is 4.99 Å². The standard InChI is InChI=1S/C22H28N6O2S/c1-2-23-22(24-14-15-27-31(29,30)21-11-4-3-5-12-21)25-17-19-9-6-7-10-20(19)18-28-16-8-13-26-28/h3-13,16,27H,2,14-15,17-18H2,1H3,(H2,23,24,25). The van der Waals surface area contributed by atoms with Gasteiger partial charge in [0.15, 0.2) is 5.96 Å². The maximum absolute atomic E-state index is 12.3. The lowest BCUT2D eigenvalue weighted by atomic mass is 10.1. The maximum Gasteiger partial charge on any atom is 0.240 e. The molecule has 8 nitrogen and oxygen atoms in total. The lowest BCUT2D eigenvalue weighted by molar-refractivity contribution is 0.580. The van der Waals surface area contributed by atoms with E-state index in [0.717, 1.165) is 11.1 Å². The SMILES string of the molecule is CCNC(=NCc1ccccc1Cn1cccn1)NCCNS(=O)(=O)c1ccccc1. The summed E-state index contributed by atoms with van der Waals surface area (Å²) in [6.07, 6.45) is 3.70. The van der Waals surface area contributed by atoms with Crippen LogP contribution in [0.3, 0.4) is 0 Å². The van der Waals surface area contributed by atoms with Gasteiger partial charge in [-0.2, -0.15) is 5.10 Å². The molecule has 0 aliphatic carbocycles. The van der Waals surface area contributed by atoms with E-state index in [0.29, 0.717) is 32.1 Å². The fourth-order valence-electron chi connectivity index (χ4n) is 2.99. The summed E-state index contributed by atoms with van der Waals surface area (Å²) >= 11 is 0. The minimum Gasteiger partial charge on any atom is -0.357 e. The van der Waals surface area contributed by atoms with Crippen LogP contribution in [0.1, 0.15) is 18.1 Å². The van der Waals surface area contributed by atoms with E-state index in [-0.39, 0.29) is 11.4 Å². The minimum atomic E-state index is -3.51. The van der Waals surface area contributed by atoms with E-state index >= 15 is 0 Å². The van der Waals surface area contributed by atoms with Gasteiger partial charge in [-0.15, -0.1) is 0 Å². The molecular weight excluding hydrogens is 412 g/mol. The molecule has 0 unspecified atom stereocenters. The molecule has 31 heavy (non-hydrogen) atoms. The summed E-state index contributed by atoms with van der Waals surface area (Å²) in [6.45, 7) is 4.54. The van der Waals surface area contributed by atoms with Crippen molar-refractivity contribution in [3.63, 3.8) is 0 Å². The molecule has 0 saturated heterocycles. The van der Waals surface area contributed by atoms with Crippen LogP contribution in [0.4, 0.5) is 0 Å². The molecule has 3 N–H and O–H groups in total. The number of sulfonamides is 1. The monoisotopic (exact) mass is 440 g/mol. The van der Waals surface area contributed by atoms with Crippen LogP contribution in [-0.4, -0.2) is 43.8 Å². The van der Waals surface area contributed by atoms with Gasteiger partial charge >= 0.3 is 0 Å². The second-order valence-electron chi connectivity index (χ2n) is 6.81. The normalized spacial score (nSPS) is 12.0. The summed E-state index contributed by atoms with van der Waals surface area (Å²) in [7, 11) is -3.51. The maximum atomic E-state index is 12.3. The van der Waals surface area contributed by atoms with Crippen molar-refractivity contribution in [3.8, 4) is 0 Å². The molecule has 0 amide bonds. The molecule has 1 aromatic heterocycles. The van der Waals surface area contributed by atoms with Crippen LogP contribution < -0.4 is 15.4 Å². The first-order valence-electron chi connectivity index (χ1n) is 10.2. The van der Waals surface area contributed by atoms with Crippen molar-refractivity contribution in [1.82, 2.24) is 25.1 Å². The topological polar surface area (TPSA) is 100 Å². The Balaban J connectivity index is 1.56. The number of hydrogen-bond acceptors (Lipinski definition) is 4. The summed E-state index contributed by atoms with van der Waals surface area (Å²) in [5.41, 5.74) is 2.27. The molecule has 1 heterocycles. The third kappa shape index (κ3) is 6.94. The van der Waals surface area contributed by atoms with Gasteiger partial charge in [0.1, 0.15) is 0 Å². The van der Waals surface area contributed by atoms with Crippen LogP contribution in [0.15, 0.2) is 82.9 Å². The highest BCUT2D eigenvalue weighted by molar-refractivity contribution is 7.89. The van der Waals surface area contributed by atoms with Gasteiger partial charge in [0.25, 0.3) is 0 Å². The van der Waals surface area contributed by atoms with E-state index in [1.807, 2.05) is 36.0 Å². The van der Waals surface area contributed by atoms with Gasteiger partial charge in [-0.05, 0) is 36.2 Å². The number of aromatic nitrogens is 2. The third-order valence-corrected chi connectivity index (χ3v) is 6.00. The summed E-state index contributed by atoms with van der Waals surface area (Å²) in [6, 6.07) is 18.4. The van der Waals surface area contributed by atoms with E-state index in [1.54, 1.807) is 36.5 Å². The molecule has 0 radical (unpaired) electrons. The Kier molecular flexibility index (Phi) is 8.19. The Bertz CT molecular complexity index is 1070. The van der Waals surface area contributed by atoms with Gasteiger partial charge in [0.2, 0.25) is 10.0 Å². The van der Waals surface area contributed by atoms with E-state index < -0.39 is 10.0 Å². The van der Waals surface area contributed by atoms with Gasteiger partial charge in [0.05, 0.1) is 18.0 Å². The molecule has 0 saturated carbocycles. The van der Waals surface area contributed by atoms with E-state index in [1.165, 1.54) is 0 Å². The van der Waals surface area contributed by atoms with Crippen LogP contribution in [0.5, 0.6) is 0 Å². The zero-order chi connectivity index (χ0) is 21.9. The fraction of sp³-hybridized carbons (Fsp3) is 0.273. The summed E-state index contributed by atoms with van der Waals surface area (Å²) in [4.78, 5) is 4.91. The predicted molar refractivity (Wildman–Crippen MR) is 122 cm³/mol. The second-order valence-corrected chi connectivity index (χ2v) is 8.57. The first-order valence-corrected chi connectivity index (χ1v) is 11.7. The number of rotatable bonds is 10. The molecule has 0 spiro atoms. The van der Waals surface area contributed by atoms with Crippen LogP contribution in [0.2, 0.25) is 0 Å². The first-order chi connectivity index (χ1) is 15.1. The Morgan fingerprint density at radius 2 is 1.71 bits per heavy atom. The zero-order valence-electron chi connectivity index (χ0n) is 17.5. The van der Waals surface area contributed by atoms with Gasteiger partial charge in [-0.25, -0.2) is 18.1 Å². The molecule has 9 heteroatoms. The van der Waals surface area contributed by atoms with Crippen LogP contribution in [-0.2, 0) is 23.1 Å². The molecule has 0 bridgehead atoms. The van der Waals surface area contributed by atoms with Crippen molar-refractivity contribution < 1.29 is 8.42 Å². The van der Waals surface area contributed by atoms with Gasteiger partial charge < -0.3 is 10.6 Å². The first kappa shape index (κ1) is 22.5. The largest absolute Gasteiger partial charge is 0.357 e. The highest BCUT2D eigenvalue weighted by Crippen LogP contribution is 2.11. The molecule has 2 aromatic carbocycles. The lowest BCUT2D eigenvalue weighted by Gasteiger charge is -2.13. The number of benzene rings is 2. The fourth-order valence-corrected chi connectivity index (χ4v) is 4.04.